The van der Waals surface area contributed by atoms with Crippen LogP contribution in [0.15, 0.2) is 53.5 Å². The molecule has 24 heavy (non-hydrogen) atoms. The molecule has 0 aliphatic carbocycles. The van der Waals surface area contributed by atoms with Crippen LogP contribution in [0.25, 0.3) is 0 Å². The minimum Gasteiger partial charge on any atom is -0.489 e. The molecule has 0 spiro atoms. The lowest BCUT2D eigenvalue weighted by atomic mass is 10.2. The zero-order chi connectivity index (χ0) is 17.4. The van der Waals surface area contributed by atoms with Crippen molar-refractivity contribution in [3.05, 3.63) is 59.7 Å². The van der Waals surface area contributed by atoms with Crippen molar-refractivity contribution in [1.82, 2.24) is 0 Å². The van der Waals surface area contributed by atoms with Gasteiger partial charge < -0.3 is 20.5 Å². The van der Waals surface area contributed by atoms with Gasteiger partial charge in [0.1, 0.15) is 11.9 Å². The van der Waals surface area contributed by atoms with Gasteiger partial charge in [0, 0.05) is 18.4 Å². The maximum atomic E-state index is 5.98. The largest absolute Gasteiger partial charge is 0.489 e. The van der Waals surface area contributed by atoms with E-state index >= 15 is 0 Å². The van der Waals surface area contributed by atoms with Crippen LogP contribution in [0.2, 0.25) is 0 Å². The van der Waals surface area contributed by atoms with E-state index in [9.17, 15) is 0 Å². The van der Waals surface area contributed by atoms with E-state index in [0.29, 0.717) is 19.1 Å². The molecule has 0 fully saturated rings. The average molecular weight is 327 g/mol. The lowest BCUT2D eigenvalue weighted by Crippen LogP contribution is -2.26. The zero-order valence-electron chi connectivity index (χ0n) is 14.5. The Morgan fingerprint density at radius 1 is 1.21 bits per heavy atom. The third kappa shape index (κ3) is 5.59. The predicted molar refractivity (Wildman–Crippen MR) is 98.5 cm³/mol. The number of benzene rings is 2. The summed E-state index contributed by atoms with van der Waals surface area (Å²) in [7, 11) is 1.67. The molecule has 0 radical (unpaired) electrons. The predicted octanol–water partition coefficient (Wildman–Crippen LogP) is 3.34. The smallest absolute Gasteiger partial charge is 0.193 e. The van der Waals surface area contributed by atoms with Crippen LogP contribution in [0, 0.1) is 6.92 Å². The molecule has 128 valence electrons. The maximum Gasteiger partial charge on any atom is 0.193 e. The quantitative estimate of drug-likeness (QED) is 0.604. The van der Waals surface area contributed by atoms with Gasteiger partial charge in [0.2, 0.25) is 0 Å². The van der Waals surface area contributed by atoms with Crippen molar-refractivity contribution >= 4 is 11.6 Å². The molecule has 5 nitrogen and oxygen atoms in total. The van der Waals surface area contributed by atoms with E-state index in [-0.39, 0.29) is 6.10 Å². The Bertz CT molecular complexity index is 686. The normalized spacial score (nSPS) is 12.7. The summed E-state index contributed by atoms with van der Waals surface area (Å²) < 4.78 is 11.0. The number of nitrogens with zero attached hydrogens (tertiary/aromatic N) is 1. The number of hydrogen-bond donors (Lipinski definition) is 2. The molecule has 5 heteroatoms. The van der Waals surface area contributed by atoms with Crippen LogP contribution in [0.1, 0.15) is 18.1 Å². The molecule has 0 bridgehead atoms. The monoisotopic (exact) mass is 327 g/mol. The number of rotatable bonds is 7. The number of para-hydroxylation sites is 1. The highest BCUT2D eigenvalue weighted by atomic mass is 16.5. The molecule has 0 aromatic heterocycles. The van der Waals surface area contributed by atoms with Gasteiger partial charge in [-0.25, -0.2) is 4.99 Å². The molecule has 0 saturated carbocycles. The average Bonchev–Trinajstić information content (AvgIpc) is 2.55. The summed E-state index contributed by atoms with van der Waals surface area (Å²) in [6.07, 6.45) is -0.0682. The molecular formula is C19H25N3O2. The van der Waals surface area contributed by atoms with Crippen LogP contribution in [0.3, 0.4) is 0 Å². The number of hydrogen-bond acceptors (Lipinski definition) is 3. The molecule has 3 N–H and O–H groups in total. The minimum atomic E-state index is -0.0682. The van der Waals surface area contributed by atoms with Gasteiger partial charge in [0.05, 0.1) is 13.2 Å². The highest BCUT2D eigenvalue weighted by Crippen LogP contribution is 2.16. The first-order valence-corrected chi connectivity index (χ1v) is 7.95. The van der Waals surface area contributed by atoms with Crippen molar-refractivity contribution in [2.45, 2.75) is 26.6 Å². The van der Waals surface area contributed by atoms with Gasteiger partial charge >= 0.3 is 0 Å². The molecule has 0 aliphatic heterocycles. The molecular weight excluding hydrogens is 302 g/mol. The number of ether oxygens (including phenoxy) is 2. The fraction of sp³-hybridized carbons (Fsp3) is 0.316. The van der Waals surface area contributed by atoms with E-state index in [1.807, 2.05) is 62.4 Å². The van der Waals surface area contributed by atoms with Gasteiger partial charge in [0.15, 0.2) is 5.96 Å². The van der Waals surface area contributed by atoms with Crippen LogP contribution in [-0.4, -0.2) is 25.7 Å². The minimum absolute atomic E-state index is 0.0682. The van der Waals surface area contributed by atoms with Crippen molar-refractivity contribution in [3.63, 3.8) is 0 Å². The number of nitrogens with one attached hydrogen (secondary N) is 1. The van der Waals surface area contributed by atoms with Crippen molar-refractivity contribution in [2.24, 2.45) is 10.7 Å². The van der Waals surface area contributed by atoms with Gasteiger partial charge in [-0.05, 0) is 37.6 Å². The fourth-order valence-electron chi connectivity index (χ4n) is 2.29. The second-order valence-corrected chi connectivity index (χ2v) is 5.69. The number of methoxy groups -OCH3 is 1. The highest BCUT2D eigenvalue weighted by molar-refractivity contribution is 5.92. The van der Waals surface area contributed by atoms with Crippen molar-refractivity contribution in [2.75, 3.05) is 19.0 Å². The van der Waals surface area contributed by atoms with E-state index in [0.717, 1.165) is 17.0 Å². The Hall–Kier alpha value is -2.53. The Balaban J connectivity index is 1.91. The molecule has 0 saturated heterocycles. The van der Waals surface area contributed by atoms with E-state index in [2.05, 4.69) is 10.3 Å². The lowest BCUT2D eigenvalue weighted by Gasteiger charge is -2.14. The second kappa shape index (κ2) is 8.93. The highest BCUT2D eigenvalue weighted by Gasteiger charge is 2.05. The summed E-state index contributed by atoms with van der Waals surface area (Å²) in [4.78, 5) is 4.36. The van der Waals surface area contributed by atoms with E-state index in [1.54, 1.807) is 7.11 Å². The van der Waals surface area contributed by atoms with E-state index in [1.165, 1.54) is 5.56 Å². The second-order valence-electron chi connectivity index (χ2n) is 5.69. The lowest BCUT2D eigenvalue weighted by molar-refractivity contribution is 0.185. The third-order valence-electron chi connectivity index (χ3n) is 3.43. The summed E-state index contributed by atoms with van der Waals surface area (Å²) in [5.41, 5.74) is 9.07. The Morgan fingerprint density at radius 2 is 2.00 bits per heavy atom. The zero-order valence-corrected chi connectivity index (χ0v) is 14.5. The third-order valence-corrected chi connectivity index (χ3v) is 3.43. The molecule has 0 heterocycles. The Labute approximate surface area is 143 Å². The molecule has 0 aliphatic rings. The van der Waals surface area contributed by atoms with Crippen molar-refractivity contribution in [1.29, 1.82) is 0 Å². The van der Waals surface area contributed by atoms with Gasteiger partial charge in [-0.1, -0.05) is 30.3 Å². The standard InChI is InChI=1S/C19H25N3O2/c1-14-7-6-9-17(11-14)24-15(2)12-21-19(20)22-18-10-5-4-8-16(18)13-23-3/h4-11,15H,12-13H2,1-3H3,(H3,20,21,22). The number of anilines is 1. The van der Waals surface area contributed by atoms with Gasteiger partial charge in [-0.15, -0.1) is 0 Å². The van der Waals surface area contributed by atoms with Gasteiger partial charge in [-0.2, -0.15) is 0 Å². The number of nitrogens with two attached hydrogens (primary N) is 1. The molecule has 2 aromatic carbocycles. The van der Waals surface area contributed by atoms with E-state index < -0.39 is 0 Å². The summed E-state index contributed by atoms with van der Waals surface area (Å²) >= 11 is 0. The SMILES string of the molecule is COCc1ccccc1NC(N)=NCC(C)Oc1cccc(C)c1. The van der Waals surface area contributed by atoms with Gasteiger partial charge in [-0.3, -0.25) is 0 Å². The number of aryl methyl sites for hydroxylation is 1. The maximum absolute atomic E-state index is 5.98. The van der Waals surface area contributed by atoms with Crippen LogP contribution in [0.5, 0.6) is 5.75 Å². The topological polar surface area (TPSA) is 68.9 Å². The molecule has 1 unspecified atom stereocenters. The van der Waals surface area contributed by atoms with Crippen molar-refractivity contribution < 1.29 is 9.47 Å². The van der Waals surface area contributed by atoms with Crippen LogP contribution in [-0.2, 0) is 11.3 Å². The Kier molecular flexibility index (Phi) is 6.63. The van der Waals surface area contributed by atoms with Crippen molar-refractivity contribution in [3.8, 4) is 5.75 Å². The summed E-state index contributed by atoms with van der Waals surface area (Å²) in [6, 6.07) is 15.8. The summed E-state index contributed by atoms with van der Waals surface area (Å²) in [6.45, 7) is 5.00. The Morgan fingerprint density at radius 3 is 2.75 bits per heavy atom. The molecule has 2 rings (SSSR count). The first-order valence-electron chi connectivity index (χ1n) is 7.95. The first kappa shape index (κ1) is 17.8. The summed E-state index contributed by atoms with van der Waals surface area (Å²) in [5.74, 6) is 1.20. The number of aliphatic imine (C=N–C) groups is 1. The fourth-order valence-corrected chi connectivity index (χ4v) is 2.29. The van der Waals surface area contributed by atoms with Crippen LogP contribution >= 0.6 is 0 Å². The van der Waals surface area contributed by atoms with Crippen LogP contribution < -0.4 is 15.8 Å². The molecule has 2 aromatic rings. The summed E-state index contributed by atoms with van der Waals surface area (Å²) in [5, 5.41) is 3.12. The number of guanidine groups is 1. The molecule has 1 atom stereocenters. The van der Waals surface area contributed by atoms with Gasteiger partial charge in [0.25, 0.3) is 0 Å². The first-order chi connectivity index (χ1) is 11.6. The van der Waals surface area contributed by atoms with Crippen LogP contribution in [0.4, 0.5) is 5.69 Å². The van der Waals surface area contributed by atoms with E-state index in [4.69, 9.17) is 15.2 Å². The molecule has 0 amide bonds.